The van der Waals surface area contributed by atoms with E-state index in [9.17, 15) is 4.79 Å². The van der Waals surface area contributed by atoms with Crippen LogP contribution in [0.1, 0.15) is 19.3 Å². The second-order valence-corrected chi connectivity index (χ2v) is 2.71. The standard InChI is InChI=1S/C7H16N2O3/c1-9(12)6(7(10)11)4-2-3-5-8/h6,12H,2-5,8H2,1H3,(H,10,11)/t6-/m0/s1. The Kier molecular flexibility index (Phi) is 5.61. The summed E-state index contributed by atoms with van der Waals surface area (Å²) >= 11 is 0. The summed E-state index contributed by atoms with van der Waals surface area (Å²) in [6.07, 6.45) is 1.94. The summed E-state index contributed by atoms with van der Waals surface area (Å²) in [5.74, 6) is -1.00. The number of carboxylic acid groups (broad SMARTS) is 1. The van der Waals surface area contributed by atoms with Gasteiger partial charge in [0.05, 0.1) is 0 Å². The molecule has 0 aliphatic rings. The van der Waals surface area contributed by atoms with Crippen LogP contribution in [0.25, 0.3) is 0 Å². The molecule has 0 bridgehead atoms. The van der Waals surface area contributed by atoms with E-state index in [4.69, 9.17) is 16.0 Å². The Hall–Kier alpha value is -0.650. The van der Waals surface area contributed by atoms with Gasteiger partial charge in [-0.05, 0) is 25.8 Å². The Balaban J connectivity index is 3.72. The van der Waals surface area contributed by atoms with E-state index in [1.54, 1.807) is 0 Å². The topological polar surface area (TPSA) is 86.8 Å². The minimum Gasteiger partial charge on any atom is -0.480 e. The van der Waals surface area contributed by atoms with Gasteiger partial charge in [0, 0.05) is 7.05 Å². The lowest BCUT2D eigenvalue weighted by Crippen LogP contribution is -2.36. The third-order valence-corrected chi connectivity index (χ3v) is 1.67. The van der Waals surface area contributed by atoms with Gasteiger partial charge in [0.15, 0.2) is 0 Å². The number of hydrogen-bond donors (Lipinski definition) is 3. The van der Waals surface area contributed by atoms with E-state index in [0.717, 1.165) is 17.9 Å². The molecule has 0 fully saturated rings. The normalized spacial score (nSPS) is 13.3. The van der Waals surface area contributed by atoms with E-state index in [1.807, 2.05) is 0 Å². The van der Waals surface area contributed by atoms with Crippen molar-refractivity contribution in [2.75, 3.05) is 13.6 Å². The molecular weight excluding hydrogens is 160 g/mol. The molecule has 0 aromatic carbocycles. The number of hydrogen-bond acceptors (Lipinski definition) is 4. The monoisotopic (exact) mass is 176 g/mol. The van der Waals surface area contributed by atoms with Crippen LogP contribution in [-0.4, -0.2) is 41.0 Å². The maximum atomic E-state index is 10.5. The Bertz CT molecular complexity index is 139. The highest BCUT2D eigenvalue weighted by molar-refractivity contribution is 5.73. The number of unbranched alkanes of at least 4 members (excludes halogenated alkanes) is 1. The highest BCUT2D eigenvalue weighted by Crippen LogP contribution is 2.04. The third kappa shape index (κ3) is 4.27. The maximum Gasteiger partial charge on any atom is 0.323 e. The molecule has 0 saturated heterocycles. The van der Waals surface area contributed by atoms with Crippen molar-refractivity contribution >= 4 is 5.97 Å². The number of nitrogens with two attached hydrogens (primary N) is 1. The van der Waals surface area contributed by atoms with E-state index >= 15 is 0 Å². The number of nitrogens with zero attached hydrogens (tertiary/aromatic N) is 1. The molecule has 0 saturated carbocycles. The van der Waals surface area contributed by atoms with Crippen molar-refractivity contribution in [1.29, 1.82) is 0 Å². The van der Waals surface area contributed by atoms with Gasteiger partial charge in [0.25, 0.3) is 0 Å². The fourth-order valence-electron chi connectivity index (χ4n) is 0.952. The minimum atomic E-state index is -1.00. The molecule has 0 unspecified atom stereocenters. The zero-order chi connectivity index (χ0) is 9.56. The molecule has 5 nitrogen and oxygen atoms in total. The number of carboxylic acids is 1. The molecule has 4 N–H and O–H groups in total. The van der Waals surface area contributed by atoms with Crippen LogP contribution in [0.15, 0.2) is 0 Å². The van der Waals surface area contributed by atoms with Crippen LogP contribution in [-0.2, 0) is 4.79 Å². The molecule has 5 heteroatoms. The predicted octanol–water partition coefficient (Wildman–Crippen LogP) is -0.110. The molecule has 1 atom stereocenters. The summed E-state index contributed by atoms with van der Waals surface area (Å²) in [6, 6.07) is -0.809. The van der Waals surface area contributed by atoms with Gasteiger partial charge in [-0.3, -0.25) is 4.79 Å². The molecule has 12 heavy (non-hydrogen) atoms. The summed E-state index contributed by atoms with van der Waals surface area (Å²) in [5, 5.41) is 18.2. The van der Waals surface area contributed by atoms with Crippen molar-refractivity contribution in [3.8, 4) is 0 Å². The van der Waals surface area contributed by atoms with Crippen LogP contribution in [0, 0.1) is 0 Å². The average molecular weight is 176 g/mol. The molecule has 0 amide bonds. The van der Waals surface area contributed by atoms with Gasteiger partial charge in [-0.1, -0.05) is 0 Å². The van der Waals surface area contributed by atoms with Crippen LogP contribution in [0.3, 0.4) is 0 Å². The van der Waals surface area contributed by atoms with Crippen molar-refractivity contribution in [2.45, 2.75) is 25.3 Å². The van der Waals surface area contributed by atoms with Gasteiger partial charge in [-0.2, -0.15) is 5.06 Å². The molecular formula is C7H16N2O3. The van der Waals surface area contributed by atoms with Crippen LogP contribution >= 0.6 is 0 Å². The first kappa shape index (κ1) is 11.4. The van der Waals surface area contributed by atoms with E-state index in [-0.39, 0.29) is 0 Å². The second-order valence-electron chi connectivity index (χ2n) is 2.71. The first-order chi connectivity index (χ1) is 5.59. The first-order valence-corrected chi connectivity index (χ1v) is 3.94. The fraction of sp³-hybridized carbons (Fsp3) is 0.857. The highest BCUT2D eigenvalue weighted by Gasteiger charge is 2.20. The second kappa shape index (κ2) is 5.93. The molecule has 0 aromatic heterocycles. The van der Waals surface area contributed by atoms with Crippen LogP contribution in [0.5, 0.6) is 0 Å². The first-order valence-electron chi connectivity index (χ1n) is 3.94. The number of likely N-dealkylation sites (N-methyl/N-ethyl adjacent to an activating group) is 1. The molecule has 0 radical (unpaired) electrons. The lowest BCUT2D eigenvalue weighted by molar-refractivity contribution is -0.163. The zero-order valence-corrected chi connectivity index (χ0v) is 7.23. The Morgan fingerprint density at radius 2 is 2.17 bits per heavy atom. The molecule has 0 heterocycles. The Morgan fingerprint density at radius 1 is 1.58 bits per heavy atom. The summed E-state index contributed by atoms with van der Waals surface area (Å²) in [7, 11) is 1.33. The maximum absolute atomic E-state index is 10.5. The average Bonchev–Trinajstić information content (AvgIpc) is 1.96. The van der Waals surface area contributed by atoms with Crippen molar-refractivity contribution in [3.63, 3.8) is 0 Å². The van der Waals surface area contributed by atoms with Crippen molar-refractivity contribution in [3.05, 3.63) is 0 Å². The zero-order valence-electron chi connectivity index (χ0n) is 7.23. The van der Waals surface area contributed by atoms with Gasteiger partial charge in [0.1, 0.15) is 6.04 Å². The Morgan fingerprint density at radius 3 is 2.50 bits per heavy atom. The number of hydroxylamine groups is 2. The van der Waals surface area contributed by atoms with E-state index in [0.29, 0.717) is 13.0 Å². The van der Waals surface area contributed by atoms with Gasteiger partial charge in [-0.25, -0.2) is 0 Å². The number of aliphatic carboxylic acids is 1. The molecule has 0 rings (SSSR count). The smallest absolute Gasteiger partial charge is 0.323 e. The van der Waals surface area contributed by atoms with Gasteiger partial charge in [-0.15, -0.1) is 0 Å². The van der Waals surface area contributed by atoms with Gasteiger partial charge in [0.2, 0.25) is 0 Å². The largest absolute Gasteiger partial charge is 0.480 e. The summed E-state index contributed by atoms with van der Waals surface area (Å²) < 4.78 is 0. The molecule has 0 aliphatic heterocycles. The summed E-state index contributed by atoms with van der Waals surface area (Å²) in [5.41, 5.74) is 5.24. The van der Waals surface area contributed by atoms with Crippen molar-refractivity contribution in [2.24, 2.45) is 5.73 Å². The minimum absolute atomic E-state index is 0.430. The molecule has 0 aromatic rings. The SMILES string of the molecule is CN(O)[C@@H](CCCCN)C(=O)O. The van der Waals surface area contributed by atoms with Crippen LogP contribution in [0.4, 0.5) is 0 Å². The number of rotatable bonds is 6. The summed E-state index contributed by atoms with van der Waals surface area (Å²) in [6.45, 7) is 0.557. The van der Waals surface area contributed by atoms with Crippen LogP contribution in [0.2, 0.25) is 0 Å². The Labute approximate surface area is 71.7 Å². The summed E-state index contributed by atoms with van der Waals surface area (Å²) in [4.78, 5) is 10.5. The molecule has 0 aliphatic carbocycles. The lowest BCUT2D eigenvalue weighted by Gasteiger charge is -2.17. The lowest BCUT2D eigenvalue weighted by atomic mass is 10.1. The quantitative estimate of drug-likeness (QED) is 0.388. The third-order valence-electron chi connectivity index (χ3n) is 1.67. The fourth-order valence-corrected chi connectivity index (χ4v) is 0.952. The van der Waals surface area contributed by atoms with Gasteiger partial charge < -0.3 is 16.0 Å². The number of carbonyl (C=O) groups is 1. The molecule has 72 valence electrons. The van der Waals surface area contributed by atoms with E-state index < -0.39 is 12.0 Å². The predicted molar refractivity (Wildman–Crippen MR) is 43.9 cm³/mol. The van der Waals surface area contributed by atoms with Crippen molar-refractivity contribution < 1.29 is 15.1 Å². The van der Waals surface area contributed by atoms with Crippen molar-refractivity contribution in [1.82, 2.24) is 5.06 Å². The highest BCUT2D eigenvalue weighted by atomic mass is 16.5. The molecule has 0 spiro atoms. The van der Waals surface area contributed by atoms with E-state index in [1.165, 1.54) is 7.05 Å². The van der Waals surface area contributed by atoms with E-state index in [2.05, 4.69) is 0 Å². The van der Waals surface area contributed by atoms with Gasteiger partial charge >= 0.3 is 5.97 Å². The van der Waals surface area contributed by atoms with Crippen LogP contribution < -0.4 is 5.73 Å².